The van der Waals surface area contributed by atoms with Crippen LogP contribution in [0.3, 0.4) is 0 Å². The molecule has 1 aromatic heterocycles. The summed E-state index contributed by atoms with van der Waals surface area (Å²) in [5.74, 6) is 3.35. The molecule has 0 aliphatic rings. The second-order valence-corrected chi connectivity index (χ2v) is 6.48. The van der Waals surface area contributed by atoms with Crippen molar-refractivity contribution >= 4 is 40.5 Å². The van der Waals surface area contributed by atoms with E-state index in [9.17, 15) is 4.79 Å². The highest BCUT2D eigenvalue weighted by atomic mass is 32.2. The largest absolute Gasteiger partial charge is 0.481 e. The molecule has 1 N–H and O–H groups in total. The standard InChI is InChI=1S/C15H16N2O2S2/c1-3-8-20-9-7-17-14-11(2)5-4-6-12(14)16-15(17)21-10-13(18)19/h1,4-6H,7-10H2,2H3,(H,18,19). The summed E-state index contributed by atoms with van der Waals surface area (Å²) in [5, 5.41) is 9.61. The van der Waals surface area contributed by atoms with E-state index in [0.29, 0.717) is 5.75 Å². The minimum atomic E-state index is -0.836. The van der Waals surface area contributed by atoms with E-state index in [2.05, 4.69) is 15.5 Å². The molecular weight excluding hydrogens is 304 g/mol. The first-order valence-electron chi connectivity index (χ1n) is 6.45. The van der Waals surface area contributed by atoms with E-state index in [-0.39, 0.29) is 5.75 Å². The number of imidazole rings is 1. The second-order valence-electron chi connectivity index (χ2n) is 4.43. The Bertz CT molecular complexity index is 689. The van der Waals surface area contributed by atoms with Gasteiger partial charge in [0.15, 0.2) is 5.16 Å². The summed E-state index contributed by atoms with van der Waals surface area (Å²) in [6.07, 6.45) is 5.25. The van der Waals surface area contributed by atoms with Crippen LogP contribution in [0.25, 0.3) is 11.0 Å². The van der Waals surface area contributed by atoms with Crippen molar-refractivity contribution in [2.24, 2.45) is 0 Å². The monoisotopic (exact) mass is 320 g/mol. The van der Waals surface area contributed by atoms with E-state index in [0.717, 1.165) is 34.1 Å². The molecule has 0 radical (unpaired) electrons. The van der Waals surface area contributed by atoms with E-state index in [1.54, 1.807) is 11.8 Å². The first kappa shape index (κ1) is 15.8. The fourth-order valence-electron chi connectivity index (χ4n) is 2.07. The van der Waals surface area contributed by atoms with Crippen molar-refractivity contribution in [2.45, 2.75) is 18.6 Å². The van der Waals surface area contributed by atoms with Gasteiger partial charge >= 0.3 is 5.97 Å². The molecule has 0 spiro atoms. The molecule has 6 heteroatoms. The maximum Gasteiger partial charge on any atom is 0.313 e. The van der Waals surface area contributed by atoms with Crippen LogP contribution < -0.4 is 0 Å². The molecule has 1 heterocycles. The van der Waals surface area contributed by atoms with Gasteiger partial charge in [0.25, 0.3) is 0 Å². The van der Waals surface area contributed by atoms with Gasteiger partial charge in [-0.3, -0.25) is 4.79 Å². The molecule has 21 heavy (non-hydrogen) atoms. The predicted octanol–water partition coefficient (Wildman–Crippen LogP) is 2.89. The summed E-state index contributed by atoms with van der Waals surface area (Å²) in [5.41, 5.74) is 3.13. The minimum Gasteiger partial charge on any atom is -0.481 e. The Hall–Kier alpha value is -1.58. The van der Waals surface area contributed by atoms with E-state index in [4.69, 9.17) is 11.5 Å². The van der Waals surface area contributed by atoms with E-state index in [1.807, 2.05) is 25.1 Å². The maximum atomic E-state index is 10.8. The Labute approximate surface area is 132 Å². The number of aromatic nitrogens is 2. The van der Waals surface area contributed by atoms with Crippen molar-refractivity contribution in [3.05, 3.63) is 23.8 Å². The lowest BCUT2D eigenvalue weighted by Crippen LogP contribution is -2.05. The smallest absolute Gasteiger partial charge is 0.313 e. The van der Waals surface area contributed by atoms with Crippen LogP contribution in [0, 0.1) is 19.3 Å². The number of aryl methyl sites for hydroxylation is 2. The number of thioether (sulfide) groups is 2. The fourth-order valence-corrected chi connectivity index (χ4v) is 3.40. The fraction of sp³-hybridized carbons (Fsp3) is 0.333. The summed E-state index contributed by atoms with van der Waals surface area (Å²) in [6.45, 7) is 2.82. The third-order valence-corrected chi connectivity index (χ3v) is 4.71. The third-order valence-electron chi connectivity index (χ3n) is 2.90. The van der Waals surface area contributed by atoms with E-state index < -0.39 is 5.97 Å². The number of carboxylic acid groups (broad SMARTS) is 1. The van der Waals surface area contributed by atoms with Crippen LogP contribution in [0.5, 0.6) is 0 Å². The molecule has 1 aromatic carbocycles. The number of carboxylic acids is 1. The zero-order chi connectivity index (χ0) is 15.2. The van der Waals surface area contributed by atoms with Crippen LogP contribution in [0.4, 0.5) is 0 Å². The van der Waals surface area contributed by atoms with Gasteiger partial charge in [-0.05, 0) is 18.6 Å². The van der Waals surface area contributed by atoms with Gasteiger partial charge in [0.1, 0.15) is 0 Å². The van der Waals surface area contributed by atoms with Gasteiger partial charge < -0.3 is 9.67 Å². The highest BCUT2D eigenvalue weighted by Crippen LogP contribution is 2.26. The van der Waals surface area contributed by atoms with Gasteiger partial charge in [-0.25, -0.2) is 4.98 Å². The Kier molecular flexibility index (Phi) is 5.59. The number of rotatable bonds is 7. The van der Waals surface area contributed by atoms with Crippen LogP contribution in [0.1, 0.15) is 5.56 Å². The normalized spacial score (nSPS) is 10.7. The Morgan fingerprint density at radius 1 is 1.52 bits per heavy atom. The van der Waals surface area contributed by atoms with Crippen LogP contribution in [0.15, 0.2) is 23.4 Å². The lowest BCUT2D eigenvalue weighted by Gasteiger charge is -2.09. The average molecular weight is 320 g/mol. The van der Waals surface area contributed by atoms with Crippen molar-refractivity contribution in [3.8, 4) is 12.3 Å². The first-order valence-corrected chi connectivity index (χ1v) is 8.59. The number of aliphatic carboxylic acids is 1. The summed E-state index contributed by atoms with van der Waals surface area (Å²) in [7, 11) is 0. The summed E-state index contributed by atoms with van der Waals surface area (Å²) < 4.78 is 2.10. The van der Waals surface area contributed by atoms with Crippen LogP contribution in [0.2, 0.25) is 0 Å². The molecule has 2 aromatic rings. The topological polar surface area (TPSA) is 55.1 Å². The predicted molar refractivity (Wildman–Crippen MR) is 89.0 cm³/mol. The molecule has 0 atom stereocenters. The minimum absolute atomic E-state index is 0.0138. The Morgan fingerprint density at radius 3 is 3.05 bits per heavy atom. The number of hydrogen-bond donors (Lipinski definition) is 1. The van der Waals surface area contributed by atoms with Crippen molar-refractivity contribution < 1.29 is 9.90 Å². The van der Waals surface area contributed by atoms with Crippen molar-refractivity contribution in [1.29, 1.82) is 0 Å². The molecule has 0 amide bonds. The molecule has 0 aliphatic heterocycles. The molecule has 0 aliphatic carbocycles. The summed E-state index contributed by atoms with van der Waals surface area (Å²) in [6, 6.07) is 5.96. The zero-order valence-corrected chi connectivity index (χ0v) is 13.3. The molecule has 0 saturated carbocycles. The van der Waals surface area contributed by atoms with Gasteiger partial charge in [0.05, 0.1) is 22.5 Å². The molecule has 110 valence electrons. The van der Waals surface area contributed by atoms with Crippen LogP contribution in [-0.2, 0) is 11.3 Å². The molecule has 4 nitrogen and oxygen atoms in total. The van der Waals surface area contributed by atoms with Crippen LogP contribution in [-0.4, -0.2) is 37.9 Å². The molecule has 2 rings (SSSR count). The van der Waals surface area contributed by atoms with Gasteiger partial charge in [-0.2, -0.15) is 0 Å². The quantitative estimate of drug-likeness (QED) is 0.483. The number of fused-ring (bicyclic) bond motifs is 1. The van der Waals surface area contributed by atoms with E-state index in [1.165, 1.54) is 11.8 Å². The molecular formula is C15H16N2O2S2. The van der Waals surface area contributed by atoms with E-state index >= 15 is 0 Å². The summed E-state index contributed by atoms with van der Waals surface area (Å²) >= 11 is 2.94. The van der Waals surface area contributed by atoms with Crippen molar-refractivity contribution in [1.82, 2.24) is 9.55 Å². The number of hydrogen-bond acceptors (Lipinski definition) is 4. The number of benzene rings is 1. The average Bonchev–Trinajstić information content (AvgIpc) is 2.80. The zero-order valence-electron chi connectivity index (χ0n) is 11.7. The highest BCUT2D eigenvalue weighted by Gasteiger charge is 2.14. The van der Waals surface area contributed by atoms with Gasteiger partial charge in [0.2, 0.25) is 0 Å². The molecule has 0 unspecified atom stereocenters. The number of para-hydroxylation sites is 1. The number of terminal acetylenes is 1. The second kappa shape index (κ2) is 7.43. The highest BCUT2D eigenvalue weighted by molar-refractivity contribution is 8.00. The van der Waals surface area contributed by atoms with Gasteiger partial charge in [0, 0.05) is 12.3 Å². The Balaban J connectivity index is 2.30. The maximum absolute atomic E-state index is 10.8. The SMILES string of the molecule is C#CCSCCn1c(SCC(=O)O)nc2cccc(C)c21. The van der Waals surface area contributed by atoms with Gasteiger partial charge in [-0.1, -0.05) is 29.8 Å². The number of nitrogens with zero attached hydrogens (tertiary/aromatic N) is 2. The first-order chi connectivity index (χ1) is 10.1. The molecule has 0 saturated heterocycles. The van der Waals surface area contributed by atoms with Crippen molar-refractivity contribution in [3.63, 3.8) is 0 Å². The van der Waals surface area contributed by atoms with Crippen LogP contribution >= 0.6 is 23.5 Å². The van der Waals surface area contributed by atoms with Crippen molar-refractivity contribution in [2.75, 3.05) is 17.3 Å². The Morgan fingerprint density at radius 2 is 2.33 bits per heavy atom. The molecule has 0 fully saturated rings. The number of carbonyl (C=O) groups is 1. The lowest BCUT2D eigenvalue weighted by atomic mass is 10.2. The lowest BCUT2D eigenvalue weighted by molar-refractivity contribution is -0.133. The molecule has 0 bridgehead atoms. The van der Waals surface area contributed by atoms with Gasteiger partial charge in [-0.15, -0.1) is 18.2 Å². The summed E-state index contributed by atoms with van der Waals surface area (Å²) in [4.78, 5) is 15.3. The third kappa shape index (κ3) is 3.96.